The van der Waals surface area contributed by atoms with Crippen LogP contribution in [0, 0.1) is 0 Å². The summed E-state index contributed by atoms with van der Waals surface area (Å²) in [6.45, 7) is 1.85. The first-order chi connectivity index (χ1) is 8.66. The Hall–Kier alpha value is -1.37. The summed E-state index contributed by atoms with van der Waals surface area (Å²) in [4.78, 5) is 25.9. The molecule has 96 valence electrons. The molecule has 5 nitrogen and oxygen atoms in total. The van der Waals surface area contributed by atoms with Crippen molar-refractivity contribution in [1.29, 1.82) is 0 Å². The van der Waals surface area contributed by atoms with E-state index in [1.165, 1.54) is 15.6 Å². The Morgan fingerprint density at radius 1 is 1.44 bits per heavy atom. The van der Waals surface area contributed by atoms with E-state index in [1.807, 2.05) is 17.5 Å². The number of hydrogen-bond donors (Lipinski definition) is 2. The molecule has 0 radical (unpaired) electrons. The Morgan fingerprint density at radius 3 is 3.00 bits per heavy atom. The molecule has 0 amide bonds. The summed E-state index contributed by atoms with van der Waals surface area (Å²) in [5, 5.41) is 5.25. The van der Waals surface area contributed by atoms with Crippen LogP contribution in [0.15, 0.2) is 33.3 Å². The van der Waals surface area contributed by atoms with E-state index >= 15 is 0 Å². The van der Waals surface area contributed by atoms with Gasteiger partial charge < -0.3 is 5.32 Å². The summed E-state index contributed by atoms with van der Waals surface area (Å²) in [6, 6.07) is 4.04. The minimum absolute atomic E-state index is 0.0212. The van der Waals surface area contributed by atoms with Crippen LogP contribution in [-0.4, -0.2) is 16.1 Å². The van der Waals surface area contributed by atoms with E-state index < -0.39 is 11.2 Å². The second-order valence-corrected chi connectivity index (χ2v) is 5.13. The highest BCUT2D eigenvalue weighted by Gasteiger charge is 2.01. The fourth-order valence-corrected chi connectivity index (χ4v) is 2.31. The average molecular weight is 286 g/mol. The van der Waals surface area contributed by atoms with Gasteiger partial charge in [-0.05, 0) is 11.4 Å². The number of aromatic amines is 1. The lowest BCUT2D eigenvalue weighted by Gasteiger charge is -2.06. The standard InChI is InChI=1S/C11H12ClN3O2S/c12-9-7-15(11(17)14-10(9)16)4-3-13-6-8-2-1-5-18-8/h1-2,5,7,13H,3-4,6H2,(H,14,16,17). The van der Waals surface area contributed by atoms with Crippen molar-refractivity contribution in [3.05, 3.63) is 54.4 Å². The van der Waals surface area contributed by atoms with Crippen LogP contribution in [0.4, 0.5) is 0 Å². The van der Waals surface area contributed by atoms with Crippen LogP contribution in [0.2, 0.25) is 5.02 Å². The van der Waals surface area contributed by atoms with Crippen molar-refractivity contribution in [3.8, 4) is 0 Å². The normalized spacial score (nSPS) is 10.7. The quantitative estimate of drug-likeness (QED) is 0.807. The minimum Gasteiger partial charge on any atom is -0.310 e. The summed E-state index contributed by atoms with van der Waals surface area (Å²) in [5.74, 6) is 0. The van der Waals surface area contributed by atoms with Gasteiger partial charge in [0.05, 0.1) is 0 Å². The van der Waals surface area contributed by atoms with E-state index in [1.54, 1.807) is 11.3 Å². The fraction of sp³-hybridized carbons (Fsp3) is 0.273. The first kappa shape index (κ1) is 13.1. The number of aromatic nitrogens is 2. The van der Waals surface area contributed by atoms with Crippen LogP contribution >= 0.6 is 22.9 Å². The van der Waals surface area contributed by atoms with E-state index in [0.29, 0.717) is 13.1 Å². The third kappa shape index (κ3) is 3.32. The predicted molar refractivity (Wildman–Crippen MR) is 72.4 cm³/mol. The first-order valence-corrected chi connectivity index (χ1v) is 6.65. The van der Waals surface area contributed by atoms with Gasteiger partial charge >= 0.3 is 5.69 Å². The highest BCUT2D eigenvalue weighted by atomic mass is 35.5. The topological polar surface area (TPSA) is 66.9 Å². The molecule has 0 unspecified atom stereocenters. The van der Waals surface area contributed by atoms with E-state index in [0.717, 1.165) is 6.54 Å². The number of rotatable bonds is 5. The summed E-state index contributed by atoms with van der Waals surface area (Å²) in [5.41, 5.74) is -0.994. The zero-order chi connectivity index (χ0) is 13.0. The van der Waals surface area contributed by atoms with Crippen LogP contribution in [0.5, 0.6) is 0 Å². The van der Waals surface area contributed by atoms with Crippen LogP contribution < -0.4 is 16.6 Å². The molecule has 2 rings (SSSR count). The molecule has 0 aliphatic heterocycles. The smallest absolute Gasteiger partial charge is 0.310 e. The zero-order valence-electron chi connectivity index (χ0n) is 9.48. The lowest BCUT2D eigenvalue weighted by Crippen LogP contribution is -2.32. The third-order valence-electron chi connectivity index (χ3n) is 2.38. The Bertz CT molecular complexity index is 618. The van der Waals surface area contributed by atoms with Gasteiger partial charge in [-0.1, -0.05) is 17.7 Å². The van der Waals surface area contributed by atoms with Crippen molar-refractivity contribution < 1.29 is 0 Å². The van der Waals surface area contributed by atoms with Crippen molar-refractivity contribution in [3.63, 3.8) is 0 Å². The van der Waals surface area contributed by atoms with Crippen molar-refractivity contribution >= 4 is 22.9 Å². The summed E-state index contributed by atoms with van der Waals surface area (Å²) < 4.78 is 1.38. The van der Waals surface area contributed by atoms with Gasteiger partial charge in [-0.25, -0.2) is 4.79 Å². The van der Waals surface area contributed by atoms with Gasteiger partial charge in [0.2, 0.25) is 0 Å². The summed E-state index contributed by atoms with van der Waals surface area (Å²) >= 11 is 7.33. The molecule has 0 aliphatic rings. The minimum atomic E-state index is -0.551. The van der Waals surface area contributed by atoms with Crippen molar-refractivity contribution in [2.45, 2.75) is 13.1 Å². The van der Waals surface area contributed by atoms with Gasteiger partial charge in [-0.3, -0.25) is 14.3 Å². The zero-order valence-corrected chi connectivity index (χ0v) is 11.1. The number of thiophene rings is 1. The molecule has 0 bridgehead atoms. The van der Waals surface area contributed by atoms with Crippen LogP contribution in [0.25, 0.3) is 0 Å². The Labute approximate surface area is 112 Å². The van der Waals surface area contributed by atoms with Crippen LogP contribution in [-0.2, 0) is 13.1 Å². The van der Waals surface area contributed by atoms with Gasteiger partial charge in [0, 0.05) is 30.7 Å². The molecule has 2 heterocycles. The van der Waals surface area contributed by atoms with E-state index in [4.69, 9.17) is 11.6 Å². The monoisotopic (exact) mass is 285 g/mol. The number of hydrogen-bond acceptors (Lipinski definition) is 4. The van der Waals surface area contributed by atoms with Crippen molar-refractivity contribution in [1.82, 2.24) is 14.9 Å². The highest BCUT2D eigenvalue weighted by Crippen LogP contribution is 2.06. The molecule has 18 heavy (non-hydrogen) atoms. The van der Waals surface area contributed by atoms with E-state index in [9.17, 15) is 9.59 Å². The van der Waals surface area contributed by atoms with E-state index in [-0.39, 0.29) is 5.02 Å². The highest BCUT2D eigenvalue weighted by molar-refractivity contribution is 7.09. The molecule has 0 fully saturated rings. The molecule has 2 N–H and O–H groups in total. The molecule has 2 aromatic heterocycles. The largest absolute Gasteiger partial charge is 0.328 e. The molecular formula is C11H12ClN3O2S. The predicted octanol–water partition coefficient (Wildman–Crippen LogP) is 1.04. The summed E-state index contributed by atoms with van der Waals surface area (Å²) in [7, 11) is 0. The fourth-order valence-electron chi connectivity index (χ4n) is 1.47. The van der Waals surface area contributed by atoms with Gasteiger partial charge in [-0.15, -0.1) is 11.3 Å². The molecule has 0 saturated heterocycles. The van der Waals surface area contributed by atoms with Crippen LogP contribution in [0.3, 0.4) is 0 Å². The number of nitrogens with one attached hydrogen (secondary N) is 2. The molecule has 0 aromatic carbocycles. The first-order valence-electron chi connectivity index (χ1n) is 5.39. The molecule has 0 spiro atoms. The maximum Gasteiger partial charge on any atom is 0.328 e. The van der Waals surface area contributed by atoms with Gasteiger partial charge in [0.25, 0.3) is 5.56 Å². The molecule has 0 saturated carbocycles. The molecule has 0 aliphatic carbocycles. The van der Waals surface area contributed by atoms with Gasteiger partial charge in [0.1, 0.15) is 5.02 Å². The van der Waals surface area contributed by atoms with Gasteiger partial charge in [0.15, 0.2) is 0 Å². The SMILES string of the molecule is O=c1[nH]c(=O)n(CCNCc2cccs2)cc1Cl. The lowest BCUT2D eigenvalue weighted by molar-refractivity contribution is 0.576. The van der Waals surface area contributed by atoms with Gasteiger partial charge in [-0.2, -0.15) is 0 Å². The Balaban J connectivity index is 1.89. The maximum atomic E-state index is 11.4. The summed E-state index contributed by atoms with van der Waals surface area (Å²) in [6.07, 6.45) is 1.36. The van der Waals surface area contributed by atoms with Crippen molar-refractivity contribution in [2.75, 3.05) is 6.54 Å². The molecule has 0 atom stereocenters. The number of halogens is 1. The molecule has 7 heteroatoms. The van der Waals surface area contributed by atoms with Crippen LogP contribution in [0.1, 0.15) is 4.88 Å². The molecule has 2 aromatic rings. The molecular weight excluding hydrogens is 274 g/mol. The Morgan fingerprint density at radius 2 is 2.28 bits per heavy atom. The second kappa shape index (κ2) is 5.99. The van der Waals surface area contributed by atoms with E-state index in [2.05, 4.69) is 10.3 Å². The third-order valence-corrected chi connectivity index (χ3v) is 3.52. The number of nitrogens with zero attached hydrogens (tertiary/aromatic N) is 1. The maximum absolute atomic E-state index is 11.4. The van der Waals surface area contributed by atoms with Crippen molar-refractivity contribution in [2.24, 2.45) is 0 Å². The Kier molecular flexibility index (Phi) is 4.35. The second-order valence-electron chi connectivity index (χ2n) is 3.69. The average Bonchev–Trinajstić information content (AvgIpc) is 2.84. The lowest BCUT2D eigenvalue weighted by atomic mass is 10.4. The number of H-pyrrole nitrogens is 1.